The Hall–Kier alpha value is -1.05. The van der Waals surface area contributed by atoms with Gasteiger partial charge in [-0.25, -0.2) is 0 Å². The number of esters is 1. The van der Waals surface area contributed by atoms with Crippen LogP contribution < -0.4 is 0 Å². The average Bonchev–Trinajstić information content (AvgIpc) is 2.90. The molecule has 0 aromatic heterocycles. The highest BCUT2D eigenvalue weighted by atomic mass is 16.5. The molecule has 0 saturated heterocycles. The molecule has 0 N–H and O–H groups in total. The average molecular weight is 561 g/mol. The molecule has 0 fully saturated rings. The summed E-state index contributed by atoms with van der Waals surface area (Å²) in [5.41, 5.74) is 1.36. The Bertz CT molecular complexity index is 603. The predicted octanol–water partition coefficient (Wildman–Crippen LogP) is 13.0. The number of ether oxygens (including phenoxy) is 1. The molecule has 0 aromatic rings. The van der Waals surface area contributed by atoms with Crippen LogP contribution in [-0.2, 0) is 9.53 Å². The second-order valence-corrected chi connectivity index (χ2v) is 13.4. The summed E-state index contributed by atoms with van der Waals surface area (Å²) in [6, 6.07) is 0. The summed E-state index contributed by atoms with van der Waals surface area (Å²) >= 11 is 0. The maximum absolute atomic E-state index is 12.0. The highest BCUT2D eigenvalue weighted by Crippen LogP contribution is 2.22. The van der Waals surface area contributed by atoms with Gasteiger partial charge < -0.3 is 4.74 Å². The summed E-state index contributed by atoms with van der Waals surface area (Å²) in [6.45, 7) is 14.4. The van der Waals surface area contributed by atoms with Crippen LogP contribution in [0.2, 0.25) is 0 Å². The first-order valence-corrected chi connectivity index (χ1v) is 17.8. The van der Waals surface area contributed by atoms with Gasteiger partial charge in [-0.15, -0.1) is 0 Å². The summed E-state index contributed by atoms with van der Waals surface area (Å²) in [5, 5.41) is 0. The van der Waals surface area contributed by atoms with Crippen molar-refractivity contribution in [2.45, 2.75) is 189 Å². The topological polar surface area (TPSA) is 26.3 Å². The second-order valence-electron chi connectivity index (χ2n) is 13.4. The zero-order valence-corrected chi connectivity index (χ0v) is 28.3. The lowest BCUT2D eigenvalue weighted by Gasteiger charge is -2.15. The lowest BCUT2D eigenvalue weighted by Crippen LogP contribution is -2.04. The van der Waals surface area contributed by atoms with E-state index in [2.05, 4.69) is 59.8 Å². The highest BCUT2D eigenvalue weighted by Gasteiger charge is 2.07. The Morgan fingerprint density at radius 2 is 1.10 bits per heavy atom. The van der Waals surface area contributed by atoms with Gasteiger partial charge in [-0.05, 0) is 75.7 Å². The number of allylic oxidation sites excluding steroid dienone is 3. The van der Waals surface area contributed by atoms with Crippen LogP contribution in [-0.4, -0.2) is 12.6 Å². The quantitative estimate of drug-likeness (QED) is 0.0516. The number of rotatable bonds is 29. The van der Waals surface area contributed by atoms with Gasteiger partial charge in [-0.2, -0.15) is 0 Å². The predicted molar refractivity (Wildman–Crippen MR) is 179 cm³/mol. The zero-order valence-electron chi connectivity index (χ0n) is 28.3. The summed E-state index contributed by atoms with van der Waals surface area (Å²) in [4.78, 5) is 12.0. The first kappa shape index (κ1) is 39.0. The zero-order chi connectivity index (χ0) is 29.7. The minimum absolute atomic E-state index is 0.0465. The minimum atomic E-state index is -0.0465. The summed E-state index contributed by atoms with van der Waals surface area (Å²) in [6.07, 6.45) is 36.1. The Balaban J connectivity index is 3.59. The third kappa shape index (κ3) is 29.9. The van der Waals surface area contributed by atoms with Crippen LogP contribution in [0.25, 0.3) is 0 Å². The van der Waals surface area contributed by atoms with E-state index in [1.165, 1.54) is 121 Å². The van der Waals surface area contributed by atoms with Gasteiger partial charge >= 0.3 is 5.97 Å². The van der Waals surface area contributed by atoms with Gasteiger partial charge in [0, 0.05) is 6.42 Å². The number of carbonyl (C=O) groups is 1. The van der Waals surface area contributed by atoms with Gasteiger partial charge in [0.1, 0.15) is 6.61 Å². The van der Waals surface area contributed by atoms with Gasteiger partial charge in [0.2, 0.25) is 0 Å². The molecule has 0 spiro atoms. The van der Waals surface area contributed by atoms with E-state index in [1.807, 2.05) is 0 Å². The molecule has 0 bridgehead atoms. The van der Waals surface area contributed by atoms with Crippen LogP contribution in [0.5, 0.6) is 0 Å². The van der Waals surface area contributed by atoms with Gasteiger partial charge in [-0.3, -0.25) is 4.79 Å². The Morgan fingerprint density at radius 1 is 0.600 bits per heavy atom. The fourth-order valence-corrected chi connectivity index (χ4v) is 5.50. The Morgan fingerprint density at radius 3 is 1.68 bits per heavy atom. The van der Waals surface area contributed by atoms with Crippen molar-refractivity contribution in [3.05, 3.63) is 23.8 Å². The van der Waals surface area contributed by atoms with Crippen molar-refractivity contribution in [3.63, 3.8) is 0 Å². The molecule has 0 aliphatic rings. The number of unbranched alkanes of at least 4 members (excludes halogenated alkanes) is 11. The van der Waals surface area contributed by atoms with Gasteiger partial charge in [0.25, 0.3) is 0 Å². The third-order valence-corrected chi connectivity index (χ3v) is 8.46. The van der Waals surface area contributed by atoms with Crippen LogP contribution in [0, 0.1) is 17.8 Å². The maximum atomic E-state index is 12.0. The van der Waals surface area contributed by atoms with Gasteiger partial charge in [0.15, 0.2) is 0 Å². The van der Waals surface area contributed by atoms with Crippen LogP contribution >= 0.6 is 0 Å². The van der Waals surface area contributed by atoms with Crippen molar-refractivity contribution in [2.75, 3.05) is 6.61 Å². The molecule has 2 atom stereocenters. The summed E-state index contributed by atoms with van der Waals surface area (Å²) in [5.74, 6) is 2.50. The highest BCUT2D eigenvalue weighted by molar-refractivity contribution is 5.69. The van der Waals surface area contributed by atoms with Gasteiger partial charge in [0.05, 0.1) is 0 Å². The fraction of sp³-hybridized carbons (Fsp3) is 0.868. The van der Waals surface area contributed by atoms with E-state index >= 15 is 0 Å². The molecule has 0 aliphatic carbocycles. The molecule has 2 nitrogen and oxygen atoms in total. The molecular formula is C38H72O2. The smallest absolute Gasteiger partial charge is 0.306 e. The van der Waals surface area contributed by atoms with Crippen molar-refractivity contribution in [3.8, 4) is 0 Å². The molecule has 0 aliphatic heterocycles. The molecule has 0 radical (unpaired) electrons. The largest absolute Gasteiger partial charge is 0.461 e. The SMILES string of the molecule is CCCCCCCCCCC/C=C/CCCCC(=O)OC/C=C(/C)CCC[C@H](C)CCC[C@H](C)CCCC(C)C. The van der Waals surface area contributed by atoms with E-state index < -0.39 is 0 Å². The van der Waals surface area contributed by atoms with E-state index in [0.29, 0.717) is 13.0 Å². The standard InChI is InChI=1S/C38H72O2/c1-7-8-9-10-11-12-13-14-15-16-17-18-19-20-21-31-38(39)40-33-32-37(6)30-24-29-36(5)28-23-27-35(4)26-22-25-34(2)3/h17-18,32,34-36H,7-16,19-31,33H2,1-6H3/b18-17+,37-32-/t35-,36-/m1/s1. The molecule has 40 heavy (non-hydrogen) atoms. The minimum Gasteiger partial charge on any atom is -0.461 e. The van der Waals surface area contributed by atoms with E-state index in [9.17, 15) is 4.79 Å². The van der Waals surface area contributed by atoms with E-state index in [-0.39, 0.29) is 5.97 Å². The lowest BCUT2D eigenvalue weighted by molar-refractivity contribution is -0.142. The molecular weight excluding hydrogens is 488 g/mol. The summed E-state index contributed by atoms with van der Waals surface area (Å²) < 4.78 is 5.44. The molecule has 0 amide bonds. The van der Waals surface area contributed by atoms with Crippen molar-refractivity contribution in [2.24, 2.45) is 17.8 Å². The molecule has 0 aromatic carbocycles. The van der Waals surface area contributed by atoms with Crippen LogP contribution in [0.15, 0.2) is 23.8 Å². The Labute approximate surface area is 252 Å². The first-order valence-electron chi connectivity index (χ1n) is 17.8. The normalized spacial score (nSPS) is 13.8. The first-order chi connectivity index (χ1) is 19.3. The molecule has 0 saturated carbocycles. The van der Waals surface area contributed by atoms with Gasteiger partial charge in [-0.1, -0.05) is 149 Å². The van der Waals surface area contributed by atoms with Crippen LogP contribution in [0.4, 0.5) is 0 Å². The third-order valence-electron chi connectivity index (χ3n) is 8.46. The lowest BCUT2D eigenvalue weighted by atomic mass is 9.91. The van der Waals surface area contributed by atoms with E-state index in [0.717, 1.165) is 43.4 Å². The van der Waals surface area contributed by atoms with E-state index in [4.69, 9.17) is 4.74 Å². The van der Waals surface area contributed by atoms with E-state index in [1.54, 1.807) is 0 Å². The van der Waals surface area contributed by atoms with Crippen molar-refractivity contribution < 1.29 is 9.53 Å². The van der Waals surface area contributed by atoms with Crippen molar-refractivity contribution in [1.82, 2.24) is 0 Å². The van der Waals surface area contributed by atoms with Crippen molar-refractivity contribution in [1.29, 1.82) is 0 Å². The maximum Gasteiger partial charge on any atom is 0.306 e. The monoisotopic (exact) mass is 561 g/mol. The van der Waals surface area contributed by atoms with Crippen LogP contribution in [0.3, 0.4) is 0 Å². The number of carbonyl (C=O) groups excluding carboxylic acids is 1. The molecule has 0 heterocycles. The number of hydrogen-bond donors (Lipinski definition) is 0. The van der Waals surface area contributed by atoms with Crippen LogP contribution in [0.1, 0.15) is 189 Å². The second kappa shape index (κ2) is 29.4. The summed E-state index contributed by atoms with van der Waals surface area (Å²) in [7, 11) is 0. The van der Waals surface area contributed by atoms with Crippen molar-refractivity contribution >= 4 is 5.97 Å². The molecule has 0 unspecified atom stereocenters. The Kier molecular flexibility index (Phi) is 28.7. The fourth-order valence-electron chi connectivity index (χ4n) is 5.50. The molecule has 2 heteroatoms. The molecule has 236 valence electrons. The number of hydrogen-bond acceptors (Lipinski definition) is 2. The molecule has 0 rings (SSSR count).